The Kier molecular flexibility index (Phi) is 3.73. The van der Waals surface area contributed by atoms with Gasteiger partial charge >= 0.3 is 5.97 Å². The van der Waals surface area contributed by atoms with Gasteiger partial charge in [-0.1, -0.05) is 26.8 Å². The highest BCUT2D eigenvalue weighted by molar-refractivity contribution is 5.85. The van der Waals surface area contributed by atoms with Crippen LogP contribution >= 0.6 is 0 Å². The average molecular weight is 196 g/mol. The lowest BCUT2D eigenvalue weighted by atomic mass is 9.73. The number of carbonyl (C=O) groups is 1. The van der Waals surface area contributed by atoms with Crippen molar-refractivity contribution in [3.8, 4) is 0 Å². The van der Waals surface area contributed by atoms with Crippen molar-refractivity contribution in [3.05, 3.63) is 12.2 Å². The molecule has 1 aliphatic carbocycles. The number of rotatable bonds is 3. The second-order valence-electron chi connectivity index (χ2n) is 4.77. The van der Waals surface area contributed by atoms with Crippen molar-refractivity contribution in [1.29, 1.82) is 0 Å². The molecule has 0 heterocycles. The first kappa shape index (κ1) is 11.3. The molecule has 2 nitrogen and oxygen atoms in total. The summed E-state index contributed by atoms with van der Waals surface area (Å²) < 4.78 is 0. The summed E-state index contributed by atoms with van der Waals surface area (Å²) >= 11 is 0. The Morgan fingerprint density at radius 1 is 1.43 bits per heavy atom. The zero-order valence-electron chi connectivity index (χ0n) is 9.12. The Labute approximate surface area is 86.0 Å². The number of hydrogen-bond acceptors (Lipinski definition) is 1. The van der Waals surface area contributed by atoms with Crippen molar-refractivity contribution in [1.82, 2.24) is 0 Å². The zero-order valence-corrected chi connectivity index (χ0v) is 9.12. The van der Waals surface area contributed by atoms with Crippen molar-refractivity contribution in [2.24, 2.45) is 17.8 Å². The monoisotopic (exact) mass is 196 g/mol. The molecule has 80 valence electrons. The lowest BCUT2D eigenvalue weighted by molar-refractivity contribution is -0.133. The second-order valence-corrected chi connectivity index (χ2v) is 4.77. The van der Waals surface area contributed by atoms with Crippen molar-refractivity contribution in [3.63, 3.8) is 0 Å². The fraction of sp³-hybridized carbons (Fsp3) is 0.750. The minimum Gasteiger partial charge on any atom is -0.478 e. The topological polar surface area (TPSA) is 37.3 Å². The smallest absolute Gasteiger partial charge is 0.330 e. The van der Waals surface area contributed by atoms with E-state index in [1.807, 2.05) is 0 Å². The zero-order chi connectivity index (χ0) is 10.7. The number of carboxylic acids is 1. The lowest BCUT2D eigenvalue weighted by Crippen LogP contribution is -2.22. The van der Waals surface area contributed by atoms with Gasteiger partial charge in [0.2, 0.25) is 0 Å². The first-order chi connectivity index (χ1) is 6.50. The molecule has 0 aromatic rings. The van der Waals surface area contributed by atoms with Crippen molar-refractivity contribution >= 4 is 5.97 Å². The maximum absolute atomic E-state index is 10.6. The number of hydrogen-bond donors (Lipinski definition) is 1. The van der Waals surface area contributed by atoms with E-state index >= 15 is 0 Å². The van der Waals surface area contributed by atoms with Crippen LogP contribution in [0.5, 0.6) is 0 Å². The van der Waals surface area contributed by atoms with E-state index in [2.05, 4.69) is 20.4 Å². The molecule has 1 rings (SSSR count). The summed E-state index contributed by atoms with van der Waals surface area (Å²) in [6.07, 6.45) is 4.30. The minimum absolute atomic E-state index is 0.372. The Balaban J connectivity index is 2.45. The molecule has 0 amide bonds. The van der Waals surface area contributed by atoms with Gasteiger partial charge in [-0.3, -0.25) is 0 Å². The van der Waals surface area contributed by atoms with Gasteiger partial charge in [-0.15, -0.1) is 0 Å². The van der Waals surface area contributed by atoms with Gasteiger partial charge in [0.15, 0.2) is 0 Å². The average Bonchev–Trinajstić information content (AvgIpc) is 2.09. The summed E-state index contributed by atoms with van der Waals surface area (Å²) in [5, 5.41) is 8.75. The van der Waals surface area contributed by atoms with E-state index in [-0.39, 0.29) is 0 Å². The first-order valence-corrected chi connectivity index (χ1v) is 5.41. The van der Waals surface area contributed by atoms with Crippen LogP contribution in [0.1, 0.15) is 39.5 Å². The summed E-state index contributed by atoms with van der Waals surface area (Å²) in [4.78, 5) is 10.6. The van der Waals surface area contributed by atoms with E-state index < -0.39 is 5.97 Å². The highest BCUT2D eigenvalue weighted by Crippen LogP contribution is 2.36. The van der Waals surface area contributed by atoms with Gasteiger partial charge in [0.25, 0.3) is 0 Å². The molecule has 0 spiro atoms. The molecule has 0 bridgehead atoms. The van der Waals surface area contributed by atoms with Gasteiger partial charge in [-0.25, -0.2) is 4.79 Å². The summed E-state index contributed by atoms with van der Waals surface area (Å²) in [7, 11) is 0. The molecule has 0 saturated heterocycles. The third kappa shape index (κ3) is 2.86. The third-order valence-corrected chi connectivity index (χ3v) is 3.42. The minimum atomic E-state index is -0.837. The van der Waals surface area contributed by atoms with Crippen LogP contribution < -0.4 is 0 Å². The normalized spacial score (nSPS) is 32.6. The van der Waals surface area contributed by atoms with Gasteiger partial charge in [-0.2, -0.15) is 0 Å². The van der Waals surface area contributed by atoms with Crippen LogP contribution in [-0.2, 0) is 4.79 Å². The quantitative estimate of drug-likeness (QED) is 0.704. The van der Waals surface area contributed by atoms with Crippen molar-refractivity contribution in [2.75, 3.05) is 0 Å². The number of carboxylic acid groups (broad SMARTS) is 1. The predicted octanol–water partition coefficient (Wildman–Crippen LogP) is 3.09. The highest BCUT2D eigenvalue weighted by Gasteiger charge is 2.26. The summed E-state index contributed by atoms with van der Waals surface area (Å²) in [5.74, 6) is 1.15. The summed E-state index contributed by atoms with van der Waals surface area (Å²) in [5.41, 5.74) is 0.372. The van der Waals surface area contributed by atoms with Gasteiger partial charge in [0.05, 0.1) is 0 Å². The van der Waals surface area contributed by atoms with Crippen LogP contribution in [0, 0.1) is 17.8 Å². The van der Waals surface area contributed by atoms with Crippen LogP contribution in [0.15, 0.2) is 12.2 Å². The third-order valence-electron chi connectivity index (χ3n) is 3.42. The molecule has 3 atom stereocenters. The van der Waals surface area contributed by atoms with Gasteiger partial charge in [-0.05, 0) is 37.0 Å². The van der Waals surface area contributed by atoms with E-state index in [0.717, 1.165) is 12.3 Å². The molecule has 0 aliphatic heterocycles. The van der Waals surface area contributed by atoms with Gasteiger partial charge in [0, 0.05) is 5.57 Å². The van der Waals surface area contributed by atoms with Crippen molar-refractivity contribution in [2.45, 2.75) is 39.5 Å². The molecule has 1 N–H and O–H groups in total. The van der Waals surface area contributed by atoms with E-state index in [1.165, 1.54) is 12.8 Å². The van der Waals surface area contributed by atoms with Crippen molar-refractivity contribution < 1.29 is 9.90 Å². The molecule has 0 aromatic heterocycles. The Hall–Kier alpha value is -0.790. The van der Waals surface area contributed by atoms with E-state index in [1.54, 1.807) is 0 Å². The van der Waals surface area contributed by atoms with Crippen LogP contribution in [0.3, 0.4) is 0 Å². The molecule has 1 saturated carbocycles. The predicted molar refractivity (Wildman–Crippen MR) is 57.1 cm³/mol. The molecule has 2 heteroatoms. The highest BCUT2D eigenvalue weighted by atomic mass is 16.4. The Morgan fingerprint density at radius 3 is 2.57 bits per heavy atom. The molecule has 1 aliphatic rings. The van der Waals surface area contributed by atoms with Gasteiger partial charge < -0.3 is 5.11 Å². The molecular weight excluding hydrogens is 176 g/mol. The number of aliphatic carboxylic acids is 1. The van der Waals surface area contributed by atoms with Crippen LogP contribution in [0.4, 0.5) is 0 Å². The Bertz CT molecular complexity index is 232. The van der Waals surface area contributed by atoms with Crippen LogP contribution in [-0.4, -0.2) is 11.1 Å². The van der Waals surface area contributed by atoms with E-state index in [9.17, 15) is 4.79 Å². The van der Waals surface area contributed by atoms with Crippen LogP contribution in [0.2, 0.25) is 0 Å². The molecular formula is C12H20O2. The maximum Gasteiger partial charge on any atom is 0.330 e. The maximum atomic E-state index is 10.6. The Morgan fingerprint density at radius 2 is 2.07 bits per heavy atom. The van der Waals surface area contributed by atoms with Gasteiger partial charge in [0.1, 0.15) is 0 Å². The fourth-order valence-electron chi connectivity index (χ4n) is 2.44. The summed E-state index contributed by atoms with van der Waals surface area (Å²) in [6, 6.07) is 0. The SMILES string of the molecule is C=C(CC1CCC(C)CC1C)C(=O)O. The molecule has 14 heavy (non-hydrogen) atoms. The second kappa shape index (κ2) is 4.63. The molecule has 0 radical (unpaired) electrons. The molecule has 1 fully saturated rings. The standard InChI is InChI=1S/C12H20O2/c1-8-4-5-11(9(2)6-8)7-10(3)12(13)14/h8-9,11H,3-7H2,1-2H3,(H,13,14). The van der Waals surface area contributed by atoms with Crippen LogP contribution in [0.25, 0.3) is 0 Å². The molecule has 3 unspecified atom stereocenters. The van der Waals surface area contributed by atoms with E-state index in [0.29, 0.717) is 23.8 Å². The van der Waals surface area contributed by atoms with E-state index in [4.69, 9.17) is 5.11 Å². The first-order valence-electron chi connectivity index (χ1n) is 5.41. The fourth-order valence-corrected chi connectivity index (χ4v) is 2.44. The lowest BCUT2D eigenvalue weighted by Gasteiger charge is -2.32. The molecule has 0 aromatic carbocycles. The largest absolute Gasteiger partial charge is 0.478 e. The summed E-state index contributed by atoms with van der Waals surface area (Å²) in [6.45, 7) is 8.11.